The third-order valence-corrected chi connectivity index (χ3v) is 2.57. The molecular weight excluding hydrogens is 265 g/mol. The second-order valence-corrected chi connectivity index (χ2v) is 4.04. The second-order valence-electron chi connectivity index (χ2n) is 3.60. The van der Waals surface area contributed by atoms with Gasteiger partial charge in [0.15, 0.2) is 0 Å². The fourth-order valence-electron chi connectivity index (χ4n) is 1.36. The predicted molar refractivity (Wildman–Crippen MR) is 54.1 cm³/mol. The Labute approximate surface area is 99.4 Å². The average Bonchev–Trinajstić information content (AvgIpc) is 2.14. The van der Waals surface area contributed by atoms with Crippen molar-refractivity contribution in [2.24, 2.45) is 5.73 Å². The highest BCUT2D eigenvalue weighted by atomic mass is 35.5. The number of aryl methyl sites for hydroxylation is 1. The monoisotopic (exact) mass is 273 g/mol. The molecule has 0 spiro atoms. The van der Waals surface area contributed by atoms with E-state index in [-0.39, 0.29) is 16.1 Å². The molecule has 0 saturated heterocycles. The summed E-state index contributed by atoms with van der Waals surface area (Å²) < 4.78 is 62.4. The van der Waals surface area contributed by atoms with Gasteiger partial charge in [-0.25, -0.2) is 0 Å². The lowest BCUT2D eigenvalue weighted by Gasteiger charge is -2.26. The van der Waals surface area contributed by atoms with Gasteiger partial charge in [-0.05, 0) is 30.2 Å². The van der Waals surface area contributed by atoms with E-state index < -0.39 is 18.1 Å². The summed E-state index contributed by atoms with van der Waals surface area (Å²) in [5.74, 6) is -4.98. The van der Waals surface area contributed by atoms with E-state index in [9.17, 15) is 22.0 Å². The zero-order valence-corrected chi connectivity index (χ0v) is 9.41. The summed E-state index contributed by atoms with van der Waals surface area (Å²) in [5.41, 5.74) is 4.90. The van der Waals surface area contributed by atoms with E-state index in [4.69, 9.17) is 17.3 Å². The maximum atomic E-state index is 13.0. The molecule has 0 saturated carbocycles. The van der Waals surface area contributed by atoms with Crippen LogP contribution in [0.4, 0.5) is 22.0 Å². The highest BCUT2D eigenvalue weighted by molar-refractivity contribution is 6.30. The zero-order valence-electron chi connectivity index (χ0n) is 8.65. The number of nitrogens with two attached hydrogens (primary N) is 1. The quantitative estimate of drug-likeness (QED) is 0.814. The van der Waals surface area contributed by atoms with Crippen molar-refractivity contribution >= 4 is 11.6 Å². The molecule has 1 rings (SSSR count). The highest BCUT2D eigenvalue weighted by Crippen LogP contribution is 2.44. The van der Waals surface area contributed by atoms with Gasteiger partial charge in [-0.15, -0.1) is 0 Å². The summed E-state index contributed by atoms with van der Waals surface area (Å²) in [6.07, 6.45) is -5.68. The van der Waals surface area contributed by atoms with Crippen LogP contribution in [0.1, 0.15) is 17.2 Å². The lowest BCUT2D eigenvalue weighted by molar-refractivity contribution is -0.291. The van der Waals surface area contributed by atoms with E-state index in [1.807, 2.05) is 0 Å². The van der Waals surface area contributed by atoms with Crippen LogP contribution in [0.15, 0.2) is 18.2 Å². The summed E-state index contributed by atoms with van der Waals surface area (Å²) >= 11 is 5.58. The number of rotatable bonds is 2. The Bertz CT molecular complexity index is 416. The van der Waals surface area contributed by atoms with Crippen molar-refractivity contribution < 1.29 is 22.0 Å². The van der Waals surface area contributed by atoms with Crippen LogP contribution in [0.3, 0.4) is 0 Å². The lowest BCUT2D eigenvalue weighted by atomic mass is 9.97. The largest absolute Gasteiger partial charge is 0.455 e. The minimum Gasteiger partial charge on any atom is -0.319 e. The van der Waals surface area contributed by atoms with Gasteiger partial charge in [-0.3, -0.25) is 0 Å². The zero-order chi connectivity index (χ0) is 13.4. The highest BCUT2D eigenvalue weighted by Gasteiger charge is 2.61. The summed E-state index contributed by atoms with van der Waals surface area (Å²) in [6, 6.07) is 1.13. The first-order valence-corrected chi connectivity index (χ1v) is 4.91. The average molecular weight is 274 g/mol. The predicted octanol–water partition coefficient (Wildman–Crippen LogP) is 3.85. The van der Waals surface area contributed by atoms with Gasteiger partial charge >= 0.3 is 12.1 Å². The molecule has 0 bridgehead atoms. The molecule has 0 aromatic heterocycles. The number of benzene rings is 1. The molecule has 2 N–H and O–H groups in total. The molecule has 96 valence electrons. The van der Waals surface area contributed by atoms with E-state index in [0.717, 1.165) is 6.07 Å². The van der Waals surface area contributed by atoms with Gasteiger partial charge in [0, 0.05) is 5.02 Å². The summed E-state index contributed by atoms with van der Waals surface area (Å²) in [4.78, 5) is 0. The Hall–Kier alpha value is -0.880. The lowest BCUT2D eigenvalue weighted by Crippen LogP contribution is -2.46. The molecule has 1 nitrogen and oxygen atoms in total. The Kier molecular flexibility index (Phi) is 3.69. The van der Waals surface area contributed by atoms with Gasteiger partial charge in [0.1, 0.15) is 6.04 Å². The van der Waals surface area contributed by atoms with E-state index in [0.29, 0.717) is 0 Å². The molecule has 0 aliphatic heterocycles. The van der Waals surface area contributed by atoms with E-state index in [1.165, 1.54) is 19.1 Å². The molecule has 17 heavy (non-hydrogen) atoms. The van der Waals surface area contributed by atoms with Crippen molar-refractivity contribution in [2.45, 2.75) is 25.1 Å². The van der Waals surface area contributed by atoms with Gasteiger partial charge in [0.2, 0.25) is 0 Å². The van der Waals surface area contributed by atoms with E-state index in [2.05, 4.69) is 0 Å². The summed E-state index contributed by atoms with van der Waals surface area (Å²) in [7, 11) is 0. The molecule has 1 atom stereocenters. The topological polar surface area (TPSA) is 26.0 Å². The minimum absolute atomic E-state index is 0.189. The Balaban J connectivity index is 3.17. The molecule has 0 aliphatic rings. The van der Waals surface area contributed by atoms with Gasteiger partial charge in [0.05, 0.1) is 0 Å². The number of hydrogen-bond acceptors (Lipinski definition) is 1. The molecule has 0 radical (unpaired) electrons. The molecule has 0 amide bonds. The van der Waals surface area contributed by atoms with Gasteiger partial charge in [-0.2, -0.15) is 22.0 Å². The molecule has 1 aromatic carbocycles. The van der Waals surface area contributed by atoms with Crippen LogP contribution in [-0.2, 0) is 0 Å². The van der Waals surface area contributed by atoms with Crippen LogP contribution in [0.2, 0.25) is 5.02 Å². The maximum absolute atomic E-state index is 13.0. The van der Waals surface area contributed by atoms with Crippen LogP contribution < -0.4 is 5.73 Å². The van der Waals surface area contributed by atoms with Gasteiger partial charge in [0.25, 0.3) is 0 Å². The number of halogens is 6. The van der Waals surface area contributed by atoms with Gasteiger partial charge in [-0.1, -0.05) is 17.7 Å². The van der Waals surface area contributed by atoms with Crippen LogP contribution in [-0.4, -0.2) is 12.1 Å². The first-order valence-electron chi connectivity index (χ1n) is 4.53. The van der Waals surface area contributed by atoms with Crippen molar-refractivity contribution in [2.75, 3.05) is 0 Å². The molecule has 0 unspecified atom stereocenters. The maximum Gasteiger partial charge on any atom is 0.455 e. The molecule has 7 heteroatoms. The van der Waals surface area contributed by atoms with E-state index in [1.54, 1.807) is 0 Å². The van der Waals surface area contributed by atoms with Crippen LogP contribution >= 0.6 is 11.6 Å². The minimum atomic E-state index is -5.68. The van der Waals surface area contributed by atoms with Crippen molar-refractivity contribution in [3.63, 3.8) is 0 Å². The Morgan fingerprint density at radius 3 is 2.12 bits per heavy atom. The van der Waals surface area contributed by atoms with E-state index >= 15 is 0 Å². The van der Waals surface area contributed by atoms with Gasteiger partial charge < -0.3 is 5.73 Å². The third kappa shape index (κ3) is 2.69. The third-order valence-electron chi connectivity index (χ3n) is 2.34. The molecule has 0 aliphatic carbocycles. The van der Waals surface area contributed by atoms with Crippen LogP contribution in [0.25, 0.3) is 0 Å². The molecular formula is C10H9ClF5N. The first kappa shape index (κ1) is 14.2. The SMILES string of the molecule is Cc1cc(Cl)ccc1[C@H](N)C(F)(F)C(F)(F)F. The first-order chi connectivity index (χ1) is 7.57. The normalized spacial score (nSPS) is 14.8. The molecule has 0 heterocycles. The number of alkyl halides is 5. The second kappa shape index (κ2) is 4.42. The summed E-state index contributed by atoms with van der Waals surface area (Å²) in [5, 5.41) is 0.244. The standard InChI is InChI=1S/C10H9ClF5N/c1-5-4-6(11)2-3-7(5)8(17)9(12,13)10(14,15)16/h2-4,8H,17H2,1H3/t8-/m0/s1. The van der Waals surface area contributed by atoms with Crippen LogP contribution in [0, 0.1) is 6.92 Å². The fourth-order valence-corrected chi connectivity index (χ4v) is 1.59. The fraction of sp³-hybridized carbons (Fsp3) is 0.400. The van der Waals surface area contributed by atoms with Crippen molar-refractivity contribution in [3.05, 3.63) is 34.3 Å². The van der Waals surface area contributed by atoms with Crippen molar-refractivity contribution in [3.8, 4) is 0 Å². The summed E-state index contributed by atoms with van der Waals surface area (Å²) in [6.45, 7) is 1.37. The molecule has 1 aromatic rings. The molecule has 0 fully saturated rings. The number of hydrogen-bond donors (Lipinski definition) is 1. The Morgan fingerprint density at radius 2 is 1.71 bits per heavy atom. The van der Waals surface area contributed by atoms with Crippen molar-refractivity contribution in [1.29, 1.82) is 0 Å². The van der Waals surface area contributed by atoms with Crippen LogP contribution in [0.5, 0.6) is 0 Å². The Morgan fingerprint density at radius 1 is 1.18 bits per heavy atom. The smallest absolute Gasteiger partial charge is 0.319 e. The van der Waals surface area contributed by atoms with Crippen molar-refractivity contribution in [1.82, 2.24) is 0 Å².